The van der Waals surface area contributed by atoms with Crippen LogP contribution in [-0.4, -0.2) is 18.2 Å². The van der Waals surface area contributed by atoms with E-state index in [1.54, 1.807) is 26.2 Å². The number of carboxylic acids is 1. The zero-order valence-corrected chi connectivity index (χ0v) is 21.5. The van der Waals surface area contributed by atoms with Gasteiger partial charge in [0.15, 0.2) is 0 Å². The molecule has 1 saturated carbocycles. The predicted molar refractivity (Wildman–Crippen MR) is 140 cm³/mol. The van der Waals surface area contributed by atoms with Gasteiger partial charge < -0.3 is 14.6 Å². The van der Waals surface area contributed by atoms with Gasteiger partial charge >= 0.3 is 5.97 Å². The van der Waals surface area contributed by atoms with E-state index in [1.807, 2.05) is 36.4 Å². The maximum absolute atomic E-state index is 15.0. The number of aliphatic carboxylic acids is 1. The molecule has 0 amide bonds. The molecule has 1 aliphatic rings. The molecule has 0 aromatic heterocycles. The van der Waals surface area contributed by atoms with Crippen molar-refractivity contribution in [3.05, 3.63) is 83.2 Å². The second-order valence-corrected chi connectivity index (χ2v) is 10.6. The van der Waals surface area contributed by atoms with Gasteiger partial charge in [-0.15, -0.1) is 0 Å². The van der Waals surface area contributed by atoms with Crippen LogP contribution in [0.3, 0.4) is 0 Å². The van der Waals surface area contributed by atoms with Gasteiger partial charge in [-0.05, 0) is 83.2 Å². The molecule has 0 saturated heterocycles. The highest BCUT2D eigenvalue weighted by Gasteiger charge is 2.37. The van der Waals surface area contributed by atoms with Crippen LogP contribution in [0.1, 0.15) is 62.6 Å². The largest absolute Gasteiger partial charge is 0.497 e. The molecule has 0 spiro atoms. The lowest BCUT2D eigenvalue weighted by Gasteiger charge is -2.30. The molecular weight excluding hydrogens is 455 g/mol. The fraction of sp³-hybridized carbons (Fsp3) is 0.387. The Morgan fingerprint density at radius 1 is 1.06 bits per heavy atom. The van der Waals surface area contributed by atoms with Crippen LogP contribution >= 0.6 is 0 Å². The Hall–Kier alpha value is -3.34. The molecule has 0 unspecified atom stereocenters. The summed E-state index contributed by atoms with van der Waals surface area (Å²) in [7, 11) is 1.59. The summed E-state index contributed by atoms with van der Waals surface area (Å²) in [5.41, 5.74) is 4.68. The normalized spacial score (nSPS) is 17.5. The van der Waals surface area contributed by atoms with Crippen molar-refractivity contribution in [2.75, 3.05) is 7.11 Å². The number of methoxy groups -OCH3 is 1. The molecule has 3 aromatic rings. The number of ether oxygens (including phenoxy) is 2. The number of benzene rings is 3. The van der Waals surface area contributed by atoms with Gasteiger partial charge in [-0.25, -0.2) is 4.39 Å². The van der Waals surface area contributed by atoms with E-state index in [4.69, 9.17) is 9.47 Å². The van der Waals surface area contributed by atoms with Crippen LogP contribution in [0, 0.1) is 17.2 Å². The zero-order valence-electron chi connectivity index (χ0n) is 21.5. The molecule has 5 heteroatoms. The second kappa shape index (κ2) is 10.7. The lowest BCUT2D eigenvalue weighted by atomic mass is 9.75. The van der Waals surface area contributed by atoms with Gasteiger partial charge in [0.25, 0.3) is 0 Å². The van der Waals surface area contributed by atoms with Crippen molar-refractivity contribution in [1.82, 2.24) is 0 Å². The Bertz CT molecular complexity index is 1230. The van der Waals surface area contributed by atoms with Crippen molar-refractivity contribution in [2.24, 2.45) is 11.3 Å². The smallest absolute Gasteiger partial charge is 0.306 e. The van der Waals surface area contributed by atoms with Crippen molar-refractivity contribution in [2.45, 2.75) is 59.0 Å². The third-order valence-electron chi connectivity index (χ3n) is 7.48. The molecule has 190 valence electrons. The Labute approximate surface area is 213 Å². The summed E-state index contributed by atoms with van der Waals surface area (Å²) < 4.78 is 26.5. The second-order valence-electron chi connectivity index (χ2n) is 10.6. The van der Waals surface area contributed by atoms with Gasteiger partial charge in [0.2, 0.25) is 0 Å². The highest BCUT2D eigenvalue weighted by molar-refractivity contribution is 5.71. The highest BCUT2D eigenvalue weighted by atomic mass is 19.1. The topological polar surface area (TPSA) is 55.8 Å². The van der Waals surface area contributed by atoms with E-state index in [9.17, 15) is 14.3 Å². The van der Waals surface area contributed by atoms with Crippen molar-refractivity contribution in [3.63, 3.8) is 0 Å². The molecule has 36 heavy (non-hydrogen) atoms. The molecular formula is C31H35FO4. The van der Waals surface area contributed by atoms with Crippen LogP contribution in [0.5, 0.6) is 11.5 Å². The van der Waals surface area contributed by atoms with E-state index in [0.717, 1.165) is 41.5 Å². The van der Waals surface area contributed by atoms with E-state index < -0.39 is 11.9 Å². The van der Waals surface area contributed by atoms with E-state index in [0.29, 0.717) is 36.0 Å². The molecule has 1 N–H and O–H groups in total. The number of hydrogen-bond donors (Lipinski definition) is 1. The molecule has 0 bridgehead atoms. The minimum Gasteiger partial charge on any atom is -0.497 e. The molecule has 1 aliphatic carbocycles. The minimum atomic E-state index is -0.809. The van der Waals surface area contributed by atoms with Crippen LogP contribution in [0.2, 0.25) is 0 Å². The number of hydrogen-bond acceptors (Lipinski definition) is 3. The predicted octanol–water partition coefficient (Wildman–Crippen LogP) is 7.64. The Balaban J connectivity index is 1.63. The first-order valence-corrected chi connectivity index (χ1v) is 12.6. The first kappa shape index (κ1) is 25.7. The lowest BCUT2D eigenvalue weighted by Crippen LogP contribution is -2.17. The standard InChI is InChI=1S/C31H35FO4/c1-20(30(33)34)15-21-7-5-8-24(16-21)36-19-22-10-12-25(27-18-23(35-4)11-13-29(27)32)26(17-22)28-9-6-14-31(28,2)3/h5,7-8,10-13,16-18,20,28H,6,9,14-15,19H2,1-4H3,(H,33,34)/t20-,28+/m1/s1. The first-order chi connectivity index (χ1) is 17.2. The van der Waals surface area contributed by atoms with E-state index in [1.165, 1.54) is 6.07 Å². The summed E-state index contributed by atoms with van der Waals surface area (Å²) in [4.78, 5) is 11.2. The quantitative estimate of drug-likeness (QED) is 0.335. The SMILES string of the molecule is COc1ccc(F)c(-c2ccc(COc3cccc(C[C@@H](C)C(=O)O)c3)cc2[C@@H]2CCCC2(C)C)c1. The van der Waals surface area contributed by atoms with Crippen molar-refractivity contribution >= 4 is 5.97 Å². The molecule has 0 aliphatic heterocycles. The number of carbonyl (C=O) groups is 1. The van der Waals surface area contributed by atoms with Gasteiger partial charge in [-0.1, -0.05) is 57.5 Å². The van der Waals surface area contributed by atoms with E-state index >= 15 is 0 Å². The van der Waals surface area contributed by atoms with Gasteiger partial charge in [-0.2, -0.15) is 0 Å². The average molecular weight is 491 g/mol. The minimum absolute atomic E-state index is 0.124. The van der Waals surface area contributed by atoms with Crippen LogP contribution in [0.15, 0.2) is 60.7 Å². The van der Waals surface area contributed by atoms with Gasteiger partial charge in [0.05, 0.1) is 13.0 Å². The van der Waals surface area contributed by atoms with Crippen molar-refractivity contribution < 1.29 is 23.8 Å². The molecule has 4 rings (SSSR count). The van der Waals surface area contributed by atoms with Crippen molar-refractivity contribution in [1.29, 1.82) is 0 Å². The fourth-order valence-corrected chi connectivity index (χ4v) is 5.35. The summed E-state index contributed by atoms with van der Waals surface area (Å²) in [6.45, 7) is 6.67. The number of halogens is 1. The highest BCUT2D eigenvalue weighted by Crippen LogP contribution is 2.51. The van der Waals surface area contributed by atoms with E-state index in [-0.39, 0.29) is 11.2 Å². The first-order valence-electron chi connectivity index (χ1n) is 12.6. The number of carboxylic acid groups (broad SMARTS) is 1. The molecule has 0 heterocycles. The maximum Gasteiger partial charge on any atom is 0.306 e. The Kier molecular flexibility index (Phi) is 7.67. The van der Waals surface area contributed by atoms with Crippen molar-refractivity contribution in [3.8, 4) is 22.6 Å². The van der Waals surface area contributed by atoms with Gasteiger partial charge in [-0.3, -0.25) is 4.79 Å². The fourth-order valence-electron chi connectivity index (χ4n) is 5.35. The summed E-state index contributed by atoms with van der Waals surface area (Å²) in [6, 6.07) is 18.7. The molecule has 2 atom stereocenters. The average Bonchev–Trinajstić information content (AvgIpc) is 3.22. The Morgan fingerprint density at radius 2 is 1.86 bits per heavy atom. The van der Waals surface area contributed by atoms with Gasteiger partial charge in [0, 0.05) is 5.56 Å². The lowest BCUT2D eigenvalue weighted by molar-refractivity contribution is -0.141. The Morgan fingerprint density at radius 3 is 2.56 bits per heavy atom. The summed E-state index contributed by atoms with van der Waals surface area (Å²) in [5, 5.41) is 9.21. The zero-order chi connectivity index (χ0) is 25.9. The summed E-state index contributed by atoms with van der Waals surface area (Å²) in [5.74, 6) is 0.129. The molecule has 1 fully saturated rings. The molecule has 3 aromatic carbocycles. The summed E-state index contributed by atoms with van der Waals surface area (Å²) in [6.07, 6.45) is 3.81. The number of rotatable bonds is 9. The third kappa shape index (κ3) is 5.72. The van der Waals surface area contributed by atoms with Crippen LogP contribution in [-0.2, 0) is 17.8 Å². The third-order valence-corrected chi connectivity index (χ3v) is 7.48. The van der Waals surface area contributed by atoms with Crippen LogP contribution in [0.4, 0.5) is 4.39 Å². The van der Waals surface area contributed by atoms with Crippen LogP contribution in [0.25, 0.3) is 11.1 Å². The maximum atomic E-state index is 15.0. The summed E-state index contributed by atoms with van der Waals surface area (Å²) >= 11 is 0. The monoisotopic (exact) mass is 490 g/mol. The molecule has 0 radical (unpaired) electrons. The molecule has 4 nitrogen and oxygen atoms in total. The van der Waals surface area contributed by atoms with Crippen LogP contribution < -0.4 is 9.47 Å². The van der Waals surface area contributed by atoms with E-state index in [2.05, 4.69) is 19.9 Å². The van der Waals surface area contributed by atoms with Gasteiger partial charge in [0.1, 0.15) is 23.9 Å².